The molecule has 2 N–H and O–H groups in total. The van der Waals surface area contributed by atoms with E-state index in [-0.39, 0.29) is 23.7 Å². The number of H-pyrrole nitrogens is 1. The van der Waals surface area contributed by atoms with Gasteiger partial charge in [-0.1, -0.05) is 12.1 Å². The Hall–Kier alpha value is -2.90. The minimum atomic E-state index is -0.342. The van der Waals surface area contributed by atoms with Crippen molar-refractivity contribution in [1.82, 2.24) is 25.4 Å². The van der Waals surface area contributed by atoms with Gasteiger partial charge in [0.2, 0.25) is 11.8 Å². The maximum absolute atomic E-state index is 12.7. The molecule has 2 aromatic rings. The van der Waals surface area contributed by atoms with E-state index in [4.69, 9.17) is 4.74 Å². The van der Waals surface area contributed by atoms with Crippen molar-refractivity contribution in [1.29, 1.82) is 0 Å². The van der Waals surface area contributed by atoms with Crippen molar-refractivity contribution >= 4 is 11.8 Å². The Labute approximate surface area is 158 Å². The maximum Gasteiger partial charge on any atom is 0.225 e. The van der Waals surface area contributed by atoms with Crippen LogP contribution in [0, 0.1) is 12.8 Å². The Kier molecular flexibility index (Phi) is 5.73. The zero-order valence-electron chi connectivity index (χ0n) is 15.9. The van der Waals surface area contributed by atoms with Gasteiger partial charge in [0, 0.05) is 26.6 Å². The van der Waals surface area contributed by atoms with E-state index < -0.39 is 0 Å². The second-order valence-electron chi connectivity index (χ2n) is 6.76. The maximum atomic E-state index is 12.7. The molecule has 0 bridgehead atoms. The quantitative estimate of drug-likeness (QED) is 0.790. The fraction of sp³-hybridized carbons (Fsp3) is 0.474. The predicted molar refractivity (Wildman–Crippen MR) is 99.3 cm³/mol. The first kappa shape index (κ1) is 18.9. The first-order valence-electron chi connectivity index (χ1n) is 9.03. The van der Waals surface area contributed by atoms with Gasteiger partial charge in [0.05, 0.1) is 18.9 Å². The third kappa shape index (κ3) is 4.27. The molecule has 3 rings (SSSR count). The van der Waals surface area contributed by atoms with Crippen LogP contribution in [0.2, 0.25) is 0 Å². The van der Waals surface area contributed by atoms with Gasteiger partial charge in [-0.2, -0.15) is 5.10 Å². The largest absolute Gasteiger partial charge is 0.497 e. The number of likely N-dealkylation sites (tertiary alicyclic amines) is 1. The van der Waals surface area contributed by atoms with Crippen LogP contribution in [0.5, 0.6) is 5.75 Å². The fourth-order valence-corrected chi connectivity index (χ4v) is 3.48. The van der Waals surface area contributed by atoms with E-state index in [1.54, 1.807) is 19.1 Å². The molecule has 144 valence electrons. The number of carbonyl (C=O) groups is 2. The van der Waals surface area contributed by atoms with Crippen LogP contribution in [0.1, 0.15) is 29.6 Å². The molecule has 0 saturated carbocycles. The van der Waals surface area contributed by atoms with Gasteiger partial charge in [0.15, 0.2) is 5.82 Å². The van der Waals surface area contributed by atoms with E-state index in [2.05, 4.69) is 20.5 Å². The standard InChI is InChI=1S/C19H25N5O3/c1-12-21-18(23-22-12)15-10-24(11-16(15)19(26)20-2)17(25)8-7-13-5-4-6-14(9-13)27-3/h4-6,9,15-16H,7-8,10-11H2,1-3H3,(H,20,26)(H,21,22,23). The number of hydrogen-bond donors (Lipinski definition) is 2. The molecule has 1 saturated heterocycles. The van der Waals surface area contributed by atoms with E-state index in [1.165, 1.54) is 0 Å². The molecular formula is C19H25N5O3. The predicted octanol–water partition coefficient (Wildman–Crippen LogP) is 1.04. The Morgan fingerprint density at radius 3 is 2.85 bits per heavy atom. The molecule has 0 radical (unpaired) electrons. The van der Waals surface area contributed by atoms with E-state index >= 15 is 0 Å². The third-order valence-corrected chi connectivity index (χ3v) is 4.96. The Bertz CT molecular complexity index is 819. The van der Waals surface area contributed by atoms with Crippen LogP contribution in [0.15, 0.2) is 24.3 Å². The summed E-state index contributed by atoms with van der Waals surface area (Å²) in [5.41, 5.74) is 1.05. The number of aromatic nitrogens is 3. The summed E-state index contributed by atoms with van der Waals surface area (Å²) in [5, 5.41) is 9.71. The summed E-state index contributed by atoms with van der Waals surface area (Å²) >= 11 is 0. The Morgan fingerprint density at radius 1 is 1.37 bits per heavy atom. The smallest absolute Gasteiger partial charge is 0.225 e. The minimum Gasteiger partial charge on any atom is -0.497 e. The molecule has 1 fully saturated rings. The lowest BCUT2D eigenvalue weighted by Crippen LogP contribution is -2.33. The summed E-state index contributed by atoms with van der Waals surface area (Å²) in [4.78, 5) is 31.1. The number of nitrogens with one attached hydrogen (secondary N) is 2. The lowest BCUT2D eigenvalue weighted by Gasteiger charge is -2.16. The summed E-state index contributed by atoms with van der Waals surface area (Å²) in [6, 6.07) is 7.71. The normalized spacial score (nSPS) is 19.1. The van der Waals surface area contributed by atoms with Crippen molar-refractivity contribution in [2.45, 2.75) is 25.7 Å². The molecule has 2 unspecified atom stereocenters. The second-order valence-corrected chi connectivity index (χ2v) is 6.76. The zero-order valence-corrected chi connectivity index (χ0v) is 15.9. The molecule has 8 heteroatoms. The molecule has 2 amide bonds. The lowest BCUT2D eigenvalue weighted by atomic mass is 9.94. The first-order chi connectivity index (χ1) is 13.0. The van der Waals surface area contributed by atoms with Gasteiger partial charge < -0.3 is 15.0 Å². The highest BCUT2D eigenvalue weighted by Gasteiger charge is 2.41. The number of aryl methyl sites for hydroxylation is 2. The van der Waals surface area contributed by atoms with Gasteiger partial charge in [-0.3, -0.25) is 14.7 Å². The second kappa shape index (κ2) is 8.20. The van der Waals surface area contributed by atoms with Crippen LogP contribution in [-0.4, -0.2) is 59.1 Å². The van der Waals surface area contributed by atoms with Crippen molar-refractivity contribution in [3.05, 3.63) is 41.5 Å². The molecule has 1 aromatic heterocycles. The summed E-state index contributed by atoms with van der Waals surface area (Å²) in [7, 11) is 3.23. The average molecular weight is 371 g/mol. The van der Waals surface area contributed by atoms with Gasteiger partial charge in [-0.05, 0) is 31.0 Å². The van der Waals surface area contributed by atoms with E-state index in [0.717, 1.165) is 11.3 Å². The average Bonchev–Trinajstić information content (AvgIpc) is 3.32. The van der Waals surface area contributed by atoms with Gasteiger partial charge >= 0.3 is 0 Å². The molecule has 27 heavy (non-hydrogen) atoms. The zero-order chi connectivity index (χ0) is 19.4. The Morgan fingerprint density at radius 2 is 2.19 bits per heavy atom. The summed E-state index contributed by atoms with van der Waals surface area (Å²) < 4.78 is 5.22. The molecular weight excluding hydrogens is 346 g/mol. The van der Waals surface area contributed by atoms with Crippen LogP contribution in [0.25, 0.3) is 0 Å². The highest BCUT2D eigenvalue weighted by molar-refractivity contribution is 5.83. The van der Waals surface area contributed by atoms with E-state index in [0.29, 0.717) is 37.6 Å². The molecule has 1 aromatic carbocycles. The number of ether oxygens (including phenoxy) is 1. The van der Waals surface area contributed by atoms with Crippen molar-refractivity contribution in [3.8, 4) is 5.75 Å². The highest BCUT2D eigenvalue weighted by atomic mass is 16.5. The van der Waals surface area contributed by atoms with Crippen molar-refractivity contribution in [2.75, 3.05) is 27.2 Å². The Balaban J connectivity index is 1.67. The number of hydrogen-bond acceptors (Lipinski definition) is 5. The number of aromatic amines is 1. The lowest BCUT2D eigenvalue weighted by molar-refractivity contribution is -0.130. The summed E-state index contributed by atoms with van der Waals surface area (Å²) in [6.07, 6.45) is 1.01. The number of amides is 2. The van der Waals surface area contributed by atoms with Crippen LogP contribution >= 0.6 is 0 Å². The van der Waals surface area contributed by atoms with Crippen molar-refractivity contribution in [3.63, 3.8) is 0 Å². The van der Waals surface area contributed by atoms with E-state index in [1.807, 2.05) is 31.2 Å². The number of methoxy groups -OCH3 is 1. The van der Waals surface area contributed by atoms with Gasteiger partial charge in [0.1, 0.15) is 11.6 Å². The van der Waals surface area contributed by atoms with Gasteiger partial charge in [-0.15, -0.1) is 0 Å². The van der Waals surface area contributed by atoms with E-state index in [9.17, 15) is 9.59 Å². The molecule has 1 aliphatic heterocycles. The van der Waals surface area contributed by atoms with Crippen LogP contribution < -0.4 is 10.1 Å². The topological polar surface area (TPSA) is 100 Å². The number of rotatable bonds is 6. The first-order valence-corrected chi connectivity index (χ1v) is 9.03. The van der Waals surface area contributed by atoms with Gasteiger partial charge in [-0.25, -0.2) is 4.98 Å². The molecule has 0 aliphatic carbocycles. The van der Waals surface area contributed by atoms with Crippen LogP contribution in [0.4, 0.5) is 0 Å². The van der Waals surface area contributed by atoms with Gasteiger partial charge in [0.25, 0.3) is 0 Å². The molecule has 2 heterocycles. The van der Waals surface area contributed by atoms with Crippen molar-refractivity contribution < 1.29 is 14.3 Å². The third-order valence-electron chi connectivity index (χ3n) is 4.96. The van der Waals surface area contributed by atoms with Crippen molar-refractivity contribution in [2.24, 2.45) is 5.92 Å². The summed E-state index contributed by atoms with van der Waals surface area (Å²) in [6.45, 7) is 2.65. The number of nitrogens with zero attached hydrogens (tertiary/aromatic N) is 3. The molecule has 2 atom stereocenters. The number of carbonyl (C=O) groups excluding carboxylic acids is 2. The summed E-state index contributed by atoms with van der Waals surface area (Å²) in [5.74, 6) is 1.46. The van der Waals surface area contributed by atoms with Crippen LogP contribution in [0.3, 0.4) is 0 Å². The number of benzene rings is 1. The minimum absolute atomic E-state index is 0.0291. The monoisotopic (exact) mass is 371 g/mol. The van der Waals surface area contributed by atoms with Crippen LogP contribution in [-0.2, 0) is 16.0 Å². The SMILES string of the molecule is CNC(=O)C1CN(C(=O)CCc2cccc(OC)c2)CC1c1n[nH]c(C)n1. The molecule has 8 nitrogen and oxygen atoms in total. The molecule has 0 spiro atoms. The fourth-order valence-electron chi connectivity index (χ4n) is 3.48. The highest BCUT2D eigenvalue weighted by Crippen LogP contribution is 2.31. The molecule has 1 aliphatic rings.